The zero-order chi connectivity index (χ0) is 21.6. The summed E-state index contributed by atoms with van der Waals surface area (Å²) in [6, 6.07) is 5.40. The zero-order valence-electron chi connectivity index (χ0n) is 18.3. The lowest BCUT2D eigenvalue weighted by molar-refractivity contribution is 0.00699. The van der Waals surface area contributed by atoms with Gasteiger partial charge in [0.2, 0.25) is 0 Å². The number of amides is 1. The summed E-state index contributed by atoms with van der Waals surface area (Å²) in [7, 11) is 4.51. The Balaban J connectivity index is 0.00000450. The van der Waals surface area contributed by atoms with E-state index in [1.54, 1.807) is 24.1 Å². The van der Waals surface area contributed by atoms with Crippen molar-refractivity contribution in [3.05, 3.63) is 29.3 Å². The van der Waals surface area contributed by atoms with Crippen LogP contribution in [0, 0.1) is 0 Å². The van der Waals surface area contributed by atoms with Crippen molar-refractivity contribution in [1.82, 2.24) is 15.5 Å². The van der Waals surface area contributed by atoms with Crippen LogP contribution in [0.5, 0.6) is 5.75 Å². The molecule has 1 aromatic rings. The number of hydrogen-bond acceptors (Lipinski definition) is 6. The second-order valence-electron chi connectivity index (χ2n) is 7.68. The molecule has 0 aromatic heterocycles. The van der Waals surface area contributed by atoms with Gasteiger partial charge in [-0.05, 0) is 38.5 Å². The molecule has 2 rings (SSSR count). The number of ether oxygens (including phenoxy) is 3. The van der Waals surface area contributed by atoms with E-state index in [0.29, 0.717) is 36.9 Å². The van der Waals surface area contributed by atoms with Gasteiger partial charge in [0.25, 0.3) is 0 Å². The Hall–Kier alpha value is -2.24. The molecule has 1 aromatic carbocycles. The van der Waals surface area contributed by atoms with E-state index in [0.717, 1.165) is 5.56 Å². The molecular formula is C20H31IN4O5. The minimum atomic E-state index is -0.505. The molecular weight excluding hydrogens is 503 g/mol. The van der Waals surface area contributed by atoms with Crippen molar-refractivity contribution in [2.45, 2.75) is 39.0 Å². The first kappa shape index (κ1) is 25.8. The number of benzene rings is 1. The molecule has 0 atom stereocenters. The van der Waals surface area contributed by atoms with Crippen LogP contribution in [0.15, 0.2) is 23.2 Å². The van der Waals surface area contributed by atoms with Crippen molar-refractivity contribution in [3.8, 4) is 5.75 Å². The normalized spacial score (nSPS) is 14.2. The summed E-state index contributed by atoms with van der Waals surface area (Å²) in [4.78, 5) is 29.7. The minimum Gasteiger partial charge on any atom is -0.496 e. The zero-order valence-corrected chi connectivity index (χ0v) is 20.6. The highest BCUT2D eigenvalue weighted by molar-refractivity contribution is 14.0. The van der Waals surface area contributed by atoms with Crippen LogP contribution in [0.25, 0.3) is 0 Å². The molecule has 0 bridgehead atoms. The fourth-order valence-corrected chi connectivity index (χ4v) is 2.75. The first-order chi connectivity index (χ1) is 13.7. The summed E-state index contributed by atoms with van der Waals surface area (Å²) < 4.78 is 15.4. The van der Waals surface area contributed by atoms with Crippen LogP contribution in [-0.2, 0) is 16.0 Å². The second kappa shape index (κ2) is 11.2. The van der Waals surface area contributed by atoms with Crippen molar-refractivity contribution in [2.24, 2.45) is 4.99 Å². The standard InChI is InChI=1S/C20H30N4O5.HI/c1-20(2,3)29-19(26)24-11-14(12-24)23-18(21-4)22-10-13-7-8-16(27-5)15(9-13)17(25)28-6;/h7-9,14H,10-12H2,1-6H3,(H2,21,22,23);1H. The highest BCUT2D eigenvalue weighted by Gasteiger charge is 2.34. The Kier molecular flexibility index (Phi) is 9.66. The van der Waals surface area contributed by atoms with Crippen LogP contribution in [-0.4, -0.2) is 68.9 Å². The van der Waals surface area contributed by atoms with Crippen molar-refractivity contribution >= 4 is 42.0 Å². The number of guanidine groups is 1. The summed E-state index contributed by atoms with van der Waals surface area (Å²) in [5, 5.41) is 6.47. The minimum absolute atomic E-state index is 0. The van der Waals surface area contributed by atoms with Gasteiger partial charge in [0.15, 0.2) is 5.96 Å². The van der Waals surface area contributed by atoms with E-state index < -0.39 is 11.6 Å². The molecule has 0 saturated carbocycles. The van der Waals surface area contributed by atoms with E-state index in [2.05, 4.69) is 15.6 Å². The van der Waals surface area contributed by atoms with Gasteiger partial charge >= 0.3 is 12.1 Å². The number of esters is 1. The van der Waals surface area contributed by atoms with Crippen LogP contribution >= 0.6 is 24.0 Å². The molecule has 1 amide bonds. The van der Waals surface area contributed by atoms with E-state index in [1.807, 2.05) is 26.8 Å². The third kappa shape index (κ3) is 7.22. The van der Waals surface area contributed by atoms with E-state index in [9.17, 15) is 9.59 Å². The number of rotatable bonds is 5. The Bertz CT molecular complexity index is 773. The first-order valence-electron chi connectivity index (χ1n) is 9.37. The molecule has 0 radical (unpaired) electrons. The molecule has 0 aliphatic carbocycles. The van der Waals surface area contributed by atoms with Gasteiger partial charge in [0, 0.05) is 26.7 Å². The number of carbonyl (C=O) groups is 2. The Morgan fingerprint density at radius 3 is 2.43 bits per heavy atom. The maximum Gasteiger partial charge on any atom is 0.410 e. The van der Waals surface area contributed by atoms with E-state index in [1.165, 1.54) is 14.2 Å². The van der Waals surface area contributed by atoms with Crippen molar-refractivity contribution < 1.29 is 23.8 Å². The molecule has 1 aliphatic rings. The van der Waals surface area contributed by atoms with Gasteiger partial charge in [-0.1, -0.05) is 6.07 Å². The summed E-state index contributed by atoms with van der Waals surface area (Å²) in [6.45, 7) is 7.08. The third-order valence-corrected chi connectivity index (χ3v) is 4.23. The number of nitrogens with zero attached hydrogens (tertiary/aromatic N) is 2. The molecule has 1 heterocycles. The SMILES string of the molecule is CN=C(NCc1ccc(OC)c(C(=O)OC)c1)NC1CN(C(=O)OC(C)(C)C)C1.I. The Labute approximate surface area is 194 Å². The van der Waals surface area contributed by atoms with Gasteiger partial charge in [-0.2, -0.15) is 0 Å². The van der Waals surface area contributed by atoms with Crippen LogP contribution in [0.3, 0.4) is 0 Å². The van der Waals surface area contributed by atoms with Crippen LogP contribution in [0.4, 0.5) is 4.79 Å². The van der Waals surface area contributed by atoms with Crippen LogP contribution in [0.1, 0.15) is 36.7 Å². The quantitative estimate of drug-likeness (QED) is 0.259. The highest BCUT2D eigenvalue weighted by atomic mass is 127. The smallest absolute Gasteiger partial charge is 0.410 e. The molecule has 1 saturated heterocycles. The molecule has 10 heteroatoms. The fourth-order valence-electron chi connectivity index (χ4n) is 2.75. The third-order valence-electron chi connectivity index (χ3n) is 4.23. The highest BCUT2D eigenvalue weighted by Crippen LogP contribution is 2.21. The number of carbonyl (C=O) groups excluding carboxylic acids is 2. The van der Waals surface area contributed by atoms with Crippen LogP contribution < -0.4 is 15.4 Å². The average Bonchev–Trinajstić information content (AvgIpc) is 2.64. The van der Waals surface area contributed by atoms with Gasteiger partial charge < -0.3 is 29.7 Å². The van der Waals surface area contributed by atoms with E-state index in [4.69, 9.17) is 14.2 Å². The summed E-state index contributed by atoms with van der Waals surface area (Å²) in [5.41, 5.74) is 0.733. The van der Waals surface area contributed by atoms with Gasteiger partial charge in [0.1, 0.15) is 16.9 Å². The Morgan fingerprint density at radius 2 is 1.90 bits per heavy atom. The van der Waals surface area contributed by atoms with Gasteiger partial charge in [-0.3, -0.25) is 4.99 Å². The van der Waals surface area contributed by atoms with Crippen molar-refractivity contribution in [2.75, 3.05) is 34.4 Å². The lowest BCUT2D eigenvalue weighted by atomic mass is 10.1. The lowest BCUT2D eigenvalue weighted by Gasteiger charge is -2.40. The predicted molar refractivity (Wildman–Crippen MR) is 125 cm³/mol. The number of hydrogen-bond donors (Lipinski definition) is 2. The fraction of sp³-hybridized carbons (Fsp3) is 0.550. The number of methoxy groups -OCH3 is 2. The topological polar surface area (TPSA) is 101 Å². The molecule has 0 unspecified atom stereocenters. The van der Waals surface area contributed by atoms with Gasteiger partial charge in [0.05, 0.1) is 20.3 Å². The molecule has 9 nitrogen and oxygen atoms in total. The summed E-state index contributed by atoms with van der Waals surface area (Å²) >= 11 is 0. The van der Waals surface area contributed by atoms with Crippen LogP contribution in [0.2, 0.25) is 0 Å². The molecule has 2 N–H and O–H groups in total. The molecule has 30 heavy (non-hydrogen) atoms. The number of aliphatic imine (C=N–C) groups is 1. The molecule has 168 valence electrons. The number of halogens is 1. The summed E-state index contributed by atoms with van der Waals surface area (Å²) in [5.74, 6) is 0.608. The largest absolute Gasteiger partial charge is 0.496 e. The Morgan fingerprint density at radius 1 is 1.23 bits per heavy atom. The predicted octanol–water partition coefficient (Wildman–Crippen LogP) is 2.38. The van der Waals surface area contributed by atoms with Crippen molar-refractivity contribution in [3.63, 3.8) is 0 Å². The maximum absolute atomic E-state index is 12.0. The molecule has 1 fully saturated rings. The van der Waals surface area contributed by atoms with Gasteiger partial charge in [-0.25, -0.2) is 9.59 Å². The summed E-state index contributed by atoms with van der Waals surface area (Å²) in [6.07, 6.45) is -0.313. The monoisotopic (exact) mass is 534 g/mol. The van der Waals surface area contributed by atoms with E-state index in [-0.39, 0.29) is 36.1 Å². The molecule has 0 spiro atoms. The van der Waals surface area contributed by atoms with E-state index >= 15 is 0 Å². The van der Waals surface area contributed by atoms with Crippen molar-refractivity contribution in [1.29, 1.82) is 0 Å². The maximum atomic E-state index is 12.0. The average molecular weight is 534 g/mol. The van der Waals surface area contributed by atoms with Gasteiger partial charge in [-0.15, -0.1) is 24.0 Å². The number of likely N-dealkylation sites (tertiary alicyclic amines) is 1. The molecule has 1 aliphatic heterocycles. The number of nitrogens with one attached hydrogen (secondary N) is 2. The lowest BCUT2D eigenvalue weighted by Crippen LogP contribution is -2.63. The first-order valence-corrected chi connectivity index (χ1v) is 9.37. The second-order valence-corrected chi connectivity index (χ2v) is 7.68.